The fraction of sp³-hybridized carbons (Fsp3) is 0.545. The van der Waals surface area contributed by atoms with Gasteiger partial charge in [0, 0.05) is 31.6 Å². The lowest BCUT2D eigenvalue weighted by atomic mass is 10.0. The summed E-state index contributed by atoms with van der Waals surface area (Å²) in [5.74, 6) is -1.87. The van der Waals surface area contributed by atoms with E-state index in [4.69, 9.17) is 5.73 Å². The van der Waals surface area contributed by atoms with E-state index < -0.39 is 23.8 Å². The molecule has 0 radical (unpaired) electrons. The molecule has 5 rings (SSSR count). The number of rotatable bonds is 3. The van der Waals surface area contributed by atoms with E-state index >= 15 is 0 Å². The zero-order valence-corrected chi connectivity index (χ0v) is 17.4. The van der Waals surface area contributed by atoms with E-state index in [0.717, 1.165) is 56.0 Å². The first-order valence-corrected chi connectivity index (χ1v) is 11.0. The van der Waals surface area contributed by atoms with E-state index in [1.54, 1.807) is 12.1 Å². The van der Waals surface area contributed by atoms with E-state index in [-0.39, 0.29) is 24.8 Å². The number of carbonyl (C=O) groups excluding carboxylic acids is 4. The number of fused-ring (bicyclic) bond motifs is 1. The molecule has 3 N–H and O–H groups in total. The smallest absolute Gasteiger partial charge is 0.264 e. The number of piperidine rings is 2. The molecule has 0 saturated carbocycles. The van der Waals surface area contributed by atoms with Crippen LogP contribution < -0.4 is 16.0 Å². The molecule has 4 aliphatic heterocycles. The number of hydrogen-bond acceptors (Lipinski definition) is 7. The van der Waals surface area contributed by atoms with E-state index in [2.05, 4.69) is 15.1 Å². The lowest BCUT2D eigenvalue weighted by molar-refractivity contribution is -0.136. The maximum Gasteiger partial charge on any atom is 0.264 e. The Morgan fingerprint density at radius 3 is 2.45 bits per heavy atom. The molecule has 4 aliphatic rings. The van der Waals surface area contributed by atoms with E-state index in [1.807, 2.05) is 6.07 Å². The molecule has 1 aromatic carbocycles. The van der Waals surface area contributed by atoms with Crippen LogP contribution in [-0.4, -0.2) is 77.7 Å². The van der Waals surface area contributed by atoms with Crippen molar-refractivity contribution in [2.75, 3.05) is 31.1 Å². The summed E-state index contributed by atoms with van der Waals surface area (Å²) in [4.78, 5) is 55.9. The van der Waals surface area contributed by atoms with Crippen molar-refractivity contribution >= 4 is 29.3 Å². The van der Waals surface area contributed by atoms with Crippen LogP contribution >= 0.6 is 0 Å². The van der Waals surface area contributed by atoms with Gasteiger partial charge in [-0.2, -0.15) is 0 Å². The average Bonchev–Trinajstić information content (AvgIpc) is 3.33. The van der Waals surface area contributed by atoms with Crippen LogP contribution in [0.15, 0.2) is 18.2 Å². The minimum Gasteiger partial charge on any atom is -0.369 e. The third-order valence-electron chi connectivity index (χ3n) is 7.04. The Labute approximate surface area is 180 Å². The Morgan fingerprint density at radius 1 is 0.935 bits per heavy atom. The van der Waals surface area contributed by atoms with Crippen LogP contribution in [0.4, 0.5) is 5.69 Å². The molecule has 0 bridgehead atoms. The van der Waals surface area contributed by atoms with Gasteiger partial charge in [-0.05, 0) is 50.9 Å². The Hall–Kier alpha value is -2.78. The second-order valence-electron chi connectivity index (χ2n) is 8.91. The highest BCUT2D eigenvalue weighted by Crippen LogP contribution is 2.36. The fourth-order valence-corrected chi connectivity index (χ4v) is 5.30. The third kappa shape index (κ3) is 3.41. The van der Waals surface area contributed by atoms with Crippen LogP contribution in [0.3, 0.4) is 0 Å². The summed E-state index contributed by atoms with van der Waals surface area (Å²) in [7, 11) is 0. The number of likely N-dealkylation sites (tertiary alicyclic amines) is 1. The average molecular weight is 425 g/mol. The Bertz CT molecular complexity index is 955. The lowest BCUT2D eigenvalue weighted by Crippen LogP contribution is -2.54. The van der Waals surface area contributed by atoms with Crippen molar-refractivity contribution in [1.29, 1.82) is 0 Å². The summed E-state index contributed by atoms with van der Waals surface area (Å²) in [5, 5.41) is 2.24. The molecule has 3 fully saturated rings. The monoisotopic (exact) mass is 425 g/mol. The van der Waals surface area contributed by atoms with Gasteiger partial charge in [-0.3, -0.25) is 34.3 Å². The second-order valence-corrected chi connectivity index (χ2v) is 8.91. The van der Waals surface area contributed by atoms with Gasteiger partial charge in [-0.1, -0.05) is 6.07 Å². The van der Waals surface area contributed by atoms with Crippen LogP contribution in [0.25, 0.3) is 0 Å². The molecule has 0 aliphatic carbocycles. The Morgan fingerprint density at radius 2 is 1.71 bits per heavy atom. The van der Waals surface area contributed by atoms with Gasteiger partial charge in [0.1, 0.15) is 6.04 Å². The van der Waals surface area contributed by atoms with E-state index in [9.17, 15) is 19.2 Å². The predicted octanol–water partition coefficient (Wildman–Crippen LogP) is 0.0896. The first-order chi connectivity index (χ1) is 14.9. The first kappa shape index (κ1) is 20.1. The Kier molecular flexibility index (Phi) is 5.02. The highest BCUT2D eigenvalue weighted by molar-refractivity contribution is 6.25. The number of nitrogens with one attached hydrogen (secondary N) is 1. The predicted molar refractivity (Wildman–Crippen MR) is 113 cm³/mol. The summed E-state index contributed by atoms with van der Waals surface area (Å²) in [5.41, 5.74) is 7.50. The number of amides is 4. The lowest BCUT2D eigenvalue weighted by Gasteiger charge is -2.34. The van der Waals surface area contributed by atoms with Gasteiger partial charge in [0.05, 0.1) is 16.8 Å². The molecular formula is C22H27N5O4. The van der Waals surface area contributed by atoms with Gasteiger partial charge in [0.25, 0.3) is 11.8 Å². The third-order valence-corrected chi connectivity index (χ3v) is 7.04. The highest BCUT2D eigenvalue weighted by atomic mass is 16.2. The number of benzene rings is 1. The summed E-state index contributed by atoms with van der Waals surface area (Å²) in [6.45, 7) is 3.59. The van der Waals surface area contributed by atoms with Crippen LogP contribution in [0.1, 0.15) is 52.8 Å². The van der Waals surface area contributed by atoms with Gasteiger partial charge in [0.15, 0.2) is 0 Å². The van der Waals surface area contributed by atoms with Crippen LogP contribution in [0, 0.1) is 0 Å². The fourth-order valence-electron chi connectivity index (χ4n) is 5.30. The van der Waals surface area contributed by atoms with Crippen molar-refractivity contribution in [2.24, 2.45) is 5.73 Å². The number of anilines is 1. The van der Waals surface area contributed by atoms with Crippen molar-refractivity contribution < 1.29 is 19.2 Å². The summed E-state index contributed by atoms with van der Waals surface area (Å²) >= 11 is 0. The quantitative estimate of drug-likeness (QED) is 0.660. The minimum atomic E-state index is -0.943. The number of carbonyl (C=O) groups is 4. The van der Waals surface area contributed by atoms with Gasteiger partial charge < -0.3 is 10.6 Å². The number of imide groups is 2. The molecule has 4 heterocycles. The molecule has 9 nitrogen and oxygen atoms in total. The van der Waals surface area contributed by atoms with Crippen molar-refractivity contribution in [1.82, 2.24) is 15.1 Å². The van der Waals surface area contributed by atoms with E-state index in [0.29, 0.717) is 17.2 Å². The maximum atomic E-state index is 13.3. The van der Waals surface area contributed by atoms with Gasteiger partial charge in [0.2, 0.25) is 11.8 Å². The minimum absolute atomic E-state index is 0.115. The molecule has 1 aromatic rings. The van der Waals surface area contributed by atoms with E-state index in [1.165, 1.54) is 0 Å². The van der Waals surface area contributed by atoms with Crippen molar-refractivity contribution in [3.8, 4) is 0 Å². The van der Waals surface area contributed by atoms with Crippen LogP contribution in [0.5, 0.6) is 0 Å². The number of hydrogen-bond donors (Lipinski definition) is 2. The number of nitrogens with two attached hydrogens (primary N) is 1. The summed E-state index contributed by atoms with van der Waals surface area (Å²) < 4.78 is 0. The maximum absolute atomic E-state index is 13.3. The Balaban J connectivity index is 1.37. The normalized spacial score (nSPS) is 27.8. The summed E-state index contributed by atoms with van der Waals surface area (Å²) in [6, 6.07) is 5.06. The molecule has 3 saturated heterocycles. The summed E-state index contributed by atoms with van der Waals surface area (Å²) in [6.07, 6.45) is 3.28. The molecule has 2 unspecified atom stereocenters. The molecule has 31 heavy (non-hydrogen) atoms. The molecule has 2 atom stereocenters. The molecule has 0 spiro atoms. The molecule has 0 aromatic heterocycles. The molecule has 4 amide bonds. The van der Waals surface area contributed by atoms with Gasteiger partial charge in [-0.25, -0.2) is 0 Å². The van der Waals surface area contributed by atoms with Crippen LogP contribution in [0.2, 0.25) is 0 Å². The SMILES string of the molecule is NC1CCN(C2CCN(c3cccc4c3C(=O)N(C3CCC(=O)NC3=O)C4=O)C2)CC1. The van der Waals surface area contributed by atoms with Gasteiger partial charge in [-0.15, -0.1) is 0 Å². The first-order valence-electron chi connectivity index (χ1n) is 11.0. The molecule has 164 valence electrons. The standard InChI is InChI=1S/C22H27N5O4/c23-13-6-9-25(10-7-13)14-8-11-26(12-14)16-3-1-2-15-19(16)22(31)27(21(15)30)17-4-5-18(28)24-20(17)29/h1-3,13-14,17H,4-12,23H2,(H,24,28,29). The second kappa shape index (κ2) is 7.72. The largest absolute Gasteiger partial charge is 0.369 e. The topological polar surface area (TPSA) is 116 Å². The molecule has 9 heteroatoms. The number of nitrogens with zero attached hydrogens (tertiary/aromatic N) is 3. The zero-order valence-electron chi connectivity index (χ0n) is 17.4. The van der Waals surface area contributed by atoms with Crippen molar-refractivity contribution in [3.05, 3.63) is 29.3 Å². The highest BCUT2D eigenvalue weighted by Gasteiger charge is 2.46. The van der Waals surface area contributed by atoms with Gasteiger partial charge >= 0.3 is 0 Å². The van der Waals surface area contributed by atoms with Crippen LogP contribution in [-0.2, 0) is 9.59 Å². The van der Waals surface area contributed by atoms with Crippen molar-refractivity contribution in [2.45, 2.75) is 50.2 Å². The van der Waals surface area contributed by atoms with Crippen molar-refractivity contribution in [3.63, 3.8) is 0 Å². The zero-order chi connectivity index (χ0) is 21.7. The molecular weight excluding hydrogens is 398 g/mol.